The zero-order valence-corrected chi connectivity index (χ0v) is 12.1. The zero-order chi connectivity index (χ0) is 14.4. The van der Waals surface area contributed by atoms with Crippen LogP contribution in [-0.4, -0.2) is 32.8 Å². The van der Waals surface area contributed by atoms with Gasteiger partial charge in [0, 0.05) is 30.8 Å². The number of hydrogen-bond acceptors (Lipinski definition) is 3. The molecule has 0 bridgehead atoms. The summed E-state index contributed by atoms with van der Waals surface area (Å²) in [5.74, 6) is 0.441. The van der Waals surface area contributed by atoms with Crippen LogP contribution in [-0.2, 0) is 4.74 Å². The normalized spacial score (nSPS) is 19.6. The molecule has 2 amide bonds. The molecule has 1 fully saturated rings. The summed E-state index contributed by atoms with van der Waals surface area (Å²) in [6.07, 6.45) is 1.02. The second kappa shape index (κ2) is 7.26. The van der Waals surface area contributed by atoms with E-state index in [1.54, 1.807) is 0 Å². The molecule has 1 aromatic rings. The highest BCUT2D eigenvalue weighted by Gasteiger charge is 2.16. The van der Waals surface area contributed by atoms with E-state index < -0.39 is 0 Å². The van der Waals surface area contributed by atoms with E-state index in [9.17, 15) is 4.79 Å². The first-order chi connectivity index (χ1) is 9.69. The van der Waals surface area contributed by atoms with Crippen LogP contribution in [0.15, 0.2) is 24.3 Å². The van der Waals surface area contributed by atoms with E-state index in [2.05, 4.69) is 22.9 Å². The molecular weight excluding hydrogens is 254 g/mol. The molecule has 2 rings (SSSR count). The predicted octanol–water partition coefficient (Wildman–Crippen LogP) is 2.12. The molecule has 0 saturated carbocycles. The molecule has 1 saturated heterocycles. The van der Waals surface area contributed by atoms with Gasteiger partial charge in [0.25, 0.3) is 0 Å². The van der Waals surface area contributed by atoms with Gasteiger partial charge >= 0.3 is 6.03 Å². The van der Waals surface area contributed by atoms with Crippen molar-refractivity contribution in [2.24, 2.45) is 5.92 Å². The monoisotopic (exact) mass is 277 g/mol. The van der Waals surface area contributed by atoms with Crippen molar-refractivity contribution in [3.05, 3.63) is 29.8 Å². The van der Waals surface area contributed by atoms with Crippen LogP contribution >= 0.6 is 0 Å². The van der Waals surface area contributed by atoms with Gasteiger partial charge < -0.3 is 20.7 Å². The van der Waals surface area contributed by atoms with Crippen molar-refractivity contribution in [3.63, 3.8) is 0 Å². The fourth-order valence-corrected chi connectivity index (χ4v) is 2.21. The number of anilines is 1. The largest absolute Gasteiger partial charge is 0.381 e. The molecule has 20 heavy (non-hydrogen) atoms. The molecular formula is C15H23N3O2. The molecule has 1 aliphatic rings. The van der Waals surface area contributed by atoms with Gasteiger partial charge in [0.05, 0.1) is 6.61 Å². The highest BCUT2D eigenvalue weighted by molar-refractivity contribution is 5.89. The van der Waals surface area contributed by atoms with E-state index in [-0.39, 0.29) is 12.1 Å². The van der Waals surface area contributed by atoms with Crippen LogP contribution in [0.4, 0.5) is 10.5 Å². The van der Waals surface area contributed by atoms with Crippen molar-refractivity contribution in [1.82, 2.24) is 10.6 Å². The predicted molar refractivity (Wildman–Crippen MR) is 79.9 cm³/mol. The highest BCUT2D eigenvalue weighted by atomic mass is 16.5. The zero-order valence-electron chi connectivity index (χ0n) is 12.1. The number of nitrogens with one attached hydrogen (secondary N) is 3. The Hall–Kier alpha value is -1.59. The maximum atomic E-state index is 11.8. The van der Waals surface area contributed by atoms with Crippen molar-refractivity contribution >= 4 is 11.7 Å². The minimum absolute atomic E-state index is 0.161. The van der Waals surface area contributed by atoms with E-state index in [1.165, 1.54) is 0 Å². The van der Waals surface area contributed by atoms with Gasteiger partial charge in [-0.15, -0.1) is 0 Å². The van der Waals surface area contributed by atoms with Gasteiger partial charge in [-0.25, -0.2) is 4.79 Å². The maximum absolute atomic E-state index is 11.8. The summed E-state index contributed by atoms with van der Waals surface area (Å²) in [6, 6.07) is 7.97. The van der Waals surface area contributed by atoms with Crippen molar-refractivity contribution in [2.75, 3.05) is 32.1 Å². The Morgan fingerprint density at radius 1 is 1.50 bits per heavy atom. The Kier molecular flexibility index (Phi) is 5.38. The highest BCUT2D eigenvalue weighted by Crippen LogP contribution is 2.17. The second-order valence-corrected chi connectivity index (χ2v) is 5.20. The SMILES string of the molecule is CNC(C)c1cccc(NC(=O)NCC2CCOC2)c1. The fourth-order valence-electron chi connectivity index (χ4n) is 2.21. The van der Waals surface area contributed by atoms with E-state index in [1.807, 2.05) is 31.3 Å². The minimum Gasteiger partial charge on any atom is -0.381 e. The lowest BCUT2D eigenvalue weighted by Gasteiger charge is -2.14. The molecule has 1 aliphatic heterocycles. The van der Waals surface area contributed by atoms with Crippen LogP contribution < -0.4 is 16.0 Å². The third-order valence-electron chi connectivity index (χ3n) is 3.65. The van der Waals surface area contributed by atoms with Crippen molar-refractivity contribution < 1.29 is 9.53 Å². The summed E-state index contributed by atoms with van der Waals surface area (Å²) in [4.78, 5) is 11.8. The van der Waals surface area contributed by atoms with E-state index in [0.717, 1.165) is 30.9 Å². The van der Waals surface area contributed by atoms with Gasteiger partial charge in [-0.1, -0.05) is 12.1 Å². The summed E-state index contributed by atoms with van der Waals surface area (Å²) in [7, 11) is 1.92. The topological polar surface area (TPSA) is 62.4 Å². The Morgan fingerprint density at radius 3 is 3.05 bits per heavy atom. The van der Waals surface area contributed by atoms with Gasteiger partial charge in [-0.05, 0) is 38.1 Å². The van der Waals surface area contributed by atoms with E-state index in [4.69, 9.17) is 4.74 Å². The molecule has 0 aliphatic carbocycles. The molecule has 110 valence electrons. The van der Waals surface area contributed by atoms with Crippen LogP contribution in [0.1, 0.15) is 24.9 Å². The first kappa shape index (κ1) is 14.8. The number of amides is 2. The minimum atomic E-state index is -0.161. The van der Waals surface area contributed by atoms with Crippen molar-refractivity contribution in [3.8, 4) is 0 Å². The standard InChI is InChI=1S/C15H23N3O2/c1-11(16-2)13-4-3-5-14(8-13)18-15(19)17-9-12-6-7-20-10-12/h3-5,8,11-12,16H,6-7,9-10H2,1-2H3,(H2,17,18,19). The summed E-state index contributed by atoms with van der Waals surface area (Å²) >= 11 is 0. The first-order valence-corrected chi connectivity index (χ1v) is 7.09. The lowest BCUT2D eigenvalue weighted by Crippen LogP contribution is -2.33. The van der Waals surface area contributed by atoms with Crippen LogP contribution in [0.3, 0.4) is 0 Å². The number of carbonyl (C=O) groups is 1. The van der Waals surface area contributed by atoms with Gasteiger partial charge in [-0.3, -0.25) is 0 Å². The van der Waals surface area contributed by atoms with Crippen molar-refractivity contribution in [1.29, 1.82) is 0 Å². The molecule has 1 heterocycles. The summed E-state index contributed by atoms with van der Waals surface area (Å²) in [5.41, 5.74) is 1.96. The lowest BCUT2D eigenvalue weighted by atomic mass is 10.1. The number of benzene rings is 1. The summed E-state index contributed by atoms with van der Waals surface area (Å²) < 4.78 is 5.28. The number of hydrogen-bond donors (Lipinski definition) is 3. The molecule has 5 nitrogen and oxygen atoms in total. The number of rotatable bonds is 5. The smallest absolute Gasteiger partial charge is 0.319 e. The summed E-state index contributed by atoms with van der Waals surface area (Å²) in [6.45, 7) is 4.30. The molecule has 2 unspecified atom stereocenters. The second-order valence-electron chi connectivity index (χ2n) is 5.20. The van der Waals surface area contributed by atoms with Gasteiger partial charge in [-0.2, -0.15) is 0 Å². The Morgan fingerprint density at radius 2 is 2.35 bits per heavy atom. The van der Waals surface area contributed by atoms with Crippen LogP contribution in [0.5, 0.6) is 0 Å². The molecule has 0 radical (unpaired) electrons. The third-order valence-corrected chi connectivity index (χ3v) is 3.65. The number of urea groups is 1. The average molecular weight is 277 g/mol. The third kappa shape index (κ3) is 4.21. The fraction of sp³-hybridized carbons (Fsp3) is 0.533. The van der Waals surface area contributed by atoms with Gasteiger partial charge in [0.1, 0.15) is 0 Å². The lowest BCUT2D eigenvalue weighted by molar-refractivity contribution is 0.185. The van der Waals surface area contributed by atoms with E-state index >= 15 is 0 Å². The molecule has 3 N–H and O–H groups in total. The van der Waals surface area contributed by atoms with Gasteiger partial charge in [0.2, 0.25) is 0 Å². The van der Waals surface area contributed by atoms with Crippen LogP contribution in [0.2, 0.25) is 0 Å². The molecule has 0 spiro atoms. The Bertz CT molecular complexity index is 444. The molecule has 2 atom stereocenters. The maximum Gasteiger partial charge on any atom is 0.319 e. The number of ether oxygens (including phenoxy) is 1. The average Bonchev–Trinajstić information content (AvgIpc) is 2.98. The molecule has 5 heteroatoms. The molecule has 0 aromatic heterocycles. The Balaban J connectivity index is 1.83. The quantitative estimate of drug-likeness (QED) is 0.772. The van der Waals surface area contributed by atoms with Crippen LogP contribution in [0.25, 0.3) is 0 Å². The van der Waals surface area contributed by atoms with E-state index in [0.29, 0.717) is 12.5 Å². The first-order valence-electron chi connectivity index (χ1n) is 7.09. The van der Waals surface area contributed by atoms with Crippen LogP contribution in [0, 0.1) is 5.92 Å². The van der Waals surface area contributed by atoms with Gasteiger partial charge in [0.15, 0.2) is 0 Å². The van der Waals surface area contributed by atoms with Crippen molar-refractivity contribution in [2.45, 2.75) is 19.4 Å². The number of carbonyl (C=O) groups excluding carboxylic acids is 1. The molecule has 1 aromatic carbocycles. The summed E-state index contributed by atoms with van der Waals surface area (Å²) in [5, 5.41) is 8.94. The Labute approximate surface area is 120 Å².